The van der Waals surface area contributed by atoms with Gasteiger partial charge in [0.2, 0.25) is 5.91 Å². The first-order valence-corrected chi connectivity index (χ1v) is 13.9. The number of rotatable bonds is 11. The lowest BCUT2D eigenvalue weighted by Gasteiger charge is -2.20. The van der Waals surface area contributed by atoms with Crippen molar-refractivity contribution in [3.63, 3.8) is 0 Å². The Morgan fingerprint density at radius 2 is 1.41 bits per heavy atom. The summed E-state index contributed by atoms with van der Waals surface area (Å²) in [4.78, 5) is 13.0. The lowest BCUT2D eigenvalue weighted by Crippen LogP contribution is -2.29. The van der Waals surface area contributed by atoms with Crippen molar-refractivity contribution < 1.29 is 9.53 Å². The smallest absolute Gasteiger partial charge is 0.220 e. The van der Waals surface area contributed by atoms with Crippen LogP contribution in [-0.2, 0) is 4.79 Å². The molecular formula is C32H30N4O2S. The summed E-state index contributed by atoms with van der Waals surface area (Å²) in [5, 5.41) is 13.0. The molecule has 0 unspecified atom stereocenters. The van der Waals surface area contributed by atoms with Gasteiger partial charge in [-0.1, -0.05) is 115 Å². The van der Waals surface area contributed by atoms with Crippen molar-refractivity contribution in [2.75, 3.05) is 12.9 Å². The van der Waals surface area contributed by atoms with Crippen LogP contribution in [0.15, 0.2) is 120 Å². The molecule has 0 bridgehead atoms. The van der Waals surface area contributed by atoms with Crippen molar-refractivity contribution >= 4 is 17.7 Å². The summed E-state index contributed by atoms with van der Waals surface area (Å²) in [6.45, 7) is 0. The normalized spacial score (nSPS) is 10.9. The van der Waals surface area contributed by atoms with Gasteiger partial charge >= 0.3 is 0 Å². The van der Waals surface area contributed by atoms with Crippen molar-refractivity contribution in [1.82, 2.24) is 20.1 Å². The third-order valence-corrected chi connectivity index (χ3v) is 7.36. The third kappa shape index (κ3) is 6.38. The molecule has 5 aromatic rings. The van der Waals surface area contributed by atoms with Crippen LogP contribution >= 0.6 is 11.8 Å². The molecule has 0 aliphatic carbocycles. The average molecular weight is 535 g/mol. The molecule has 1 heterocycles. The van der Waals surface area contributed by atoms with Crippen LogP contribution in [0.1, 0.15) is 30.0 Å². The molecule has 0 saturated carbocycles. The maximum atomic E-state index is 13.0. The number of carbonyl (C=O) groups excluding carboxylic acids is 1. The maximum Gasteiger partial charge on any atom is 0.220 e. The Kier molecular flexibility index (Phi) is 8.71. The fourth-order valence-electron chi connectivity index (χ4n) is 4.45. The number of methoxy groups -OCH3 is 1. The van der Waals surface area contributed by atoms with Crippen molar-refractivity contribution in [2.45, 2.75) is 24.0 Å². The first-order chi connectivity index (χ1) is 19.2. The summed E-state index contributed by atoms with van der Waals surface area (Å²) in [5.41, 5.74) is 3.96. The van der Waals surface area contributed by atoms with Gasteiger partial charge in [-0.2, -0.15) is 0 Å². The molecule has 0 aliphatic heterocycles. The molecule has 0 atom stereocenters. The molecule has 1 N–H and O–H groups in total. The lowest BCUT2D eigenvalue weighted by atomic mass is 9.98. The number of carbonyl (C=O) groups is 1. The van der Waals surface area contributed by atoms with E-state index in [4.69, 9.17) is 4.74 Å². The molecule has 0 saturated heterocycles. The average Bonchev–Trinajstić information content (AvgIpc) is 3.43. The Bertz CT molecular complexity index is 1450. The van der Waals surface area contributed by atoms with Gasteiger partial charge < -0.3 is 10.1 Å². The summed E-state index contributed by atoms with van der Waals surface area (Å²) >= 11 is 1.58. The molecular weight excluding hydrogens is 504 g/mol. The Hall–Kier alpha value is -4.36. The number of para-hydroxylation sites is 2. The largest absolute Gasteiger partial charge is 0.495 e. The van der Waals surface area contributed by atoms with Gasteiger partial charge in [0.05, 0.1) is 18.8 Å². The molecule has 0 fully saturated rings. The van der Waals surface area contributed by atoms with Crippen LogP contribution in [0, 0.1) is 0 Å². The van der Waals surface area contributed by atoms with Crippen LogP contribution < -0.4 is 10.1 Å². The van der Waals surface area contributed by atoms with Gasteiger partial charge in [0.1, 0.15) is 5.75 Å². The number of hydrogen-bond donors (Lipinski definition) is 1. The van der Waals surface area contributed by atoms with Crippen molar-refractivity contribution in [3.05, 3.63) is 126 Å². The van der Waals surface area contributed by atoms with Crippen molar-refractivity contribution in [1.29, 1.82) is 0 Å². The highest BCUT2D eigenvalue weighted by molar-refractivity contribution is 7.99. The fourth-order valence-corrected chi connectivity index (χ4v) is 5.33. The number of nitrogens with one attached hydrogen (secondary N) is 1. The minimum Gasteiger partial charge on any atom is -0.495 e. The summed E-state index contributed by atoms with van der Waals surface area (Å²) < 4.78 is 7.67. The van der Waals surface area contributed by atoms with Crippen LogP contribution in [0.2, 0.25) is 0 Å². The minimum atomic E-state index is -0.186. The van der Waals surface area contributed by atoms with E-state index >= 15 is 0 Å². The van der Waals surface area contributed by atoms with E-state index in [0.29, 0.717) is 12.8 Å². The first kappa shape index (κ1) is 26.3. The molecule has 196 valence electrons. The highest BCUT2D eigenvalue weighted by Crippen LogP contribution is 2.32. The van der Waals surface area contributed by atoms with Gasteiger partial charge in [-0.3, -0.25) is 9.36 Å². The zero-order valence-corrected chi connectivity index (χ0v) is 22.6. The summed E-state index contributed by atoms with van der Waals surface area (Å²) in [5.74, 6) is 2.22. The predicted octanol–water partition coefficient (Wildman–Crippen LogP) is 6.72. The molecule has 4 aromatic carbocycles. The van der Waals surface area contributed by atoms with Gasteiger partial charge in [0.25, 0.3) is 0 Å². The SMILES string of the molecule is COc1ccccc1-n1c(SCCCC(=O)NC(c2ccccc2)c2ccccc2)nnc1-c1ccccc1. The van der Waals surface area contributed by atoms with Gasteiger partial charge in [-0.25, -0.2) is 0 Å². The number of ether oxygens (including phenoxy) is 1. The van der Waals surface area contributed by atoms with E-state index in [9.17, 15) is 4.79 Å². The van der Waals surface area contributed by atoms with E-state index in [1.54, 1.807) is 18.9 Å². The Labute approximate surface area is 233 Å². The van der Waals surface area contributed by atoms with Crippen LogP contribution in [0.4, 0.5) is 0 Å². The number of amides is 1. The number of benzene rings is 4. The van der Waals surface area contributed by atoms with Gasteiger partial charge in [0.15, 0.2) is 11.0 Å². The number of thioether (sulfide) groups is 1. The number of nitrogens with zero attached hydrogens (tertiary/aromatic N) is 3. The zero-order valence-electron chi connectivity index (χ0n) is 21.7. The fraction of sp³-hybridized carbons (Fsp3) is 0.156. The zero-order chi connectivity index (χ0) is 26.9. The summed E-state index contributed by atoms with van der Waals surface area (Å²) in [7, 11) is 1.66. The Balaban J connectivity index is 1.28. The molecule has 0 radical (unpaired) electrons. The second-order valence-corrected chi connectivity index (χ2v) is 10.0. The van der Waals surface area contributed by atoms with E-state index in [-0.39, 0.29) is 11.9 Å². The van der Waals surface area contributed by atoms with Crippen LogP contribution in [0.25, 0.3) is 17.1 Å². The molecule has 1 amide bonds. The second-order valence-electron chi connectivity index (χ2n) is 8.95. The highest BCUT2D eigenvalue weighted by atomic mass is 32.2. The van der Waals surface area contributed by atoms with E-state index in [0.717, 1.165) is 44.9 Å². The second kappa shape index (κ2) is 12.9. The highest BCUT2D eigenvalue weighted by Gasteiger charge is 2.20. The standard InChI is InChI=1S/C32H30N4O2S/c1-38-28-21-12-11-20-27(28)36-31(26-18-9-4-10-19-26)34-35-32(36)39-23-13-22-29(37)33-30(24-14-5-2-6-15-24)25-16-7-3-8-17-25/h2-12,14-21,30H,13,22-23H2,1H3,(H,33,37). The predicted molar refractivity (Wildman–Crippen MR) is 156 cm³/mol. The molecule has 0 aliphatic rings. The minimum absolute atomic E-state index is 0.0180. The Morgan fingerprint density at radius 1 is 0.821 bits per heavy atom. The lowest BCUT2D eigenvalue weighted by molar-refractivity contribution is -0.121. The molecule has 1 aromatic heterocycles. The Morgan fingerprint density at radius 3 is 2.05 bits per heavy atom. The van der Waals surface area contributed by atoms with E-state index in [1.807, 2.05) is 120 Å². The van der Waals surface area contributed by atoms with Crippen LogP contribution in [0.5, 0.6) is 5.75 Å². The van der Waals surface area contributed by atoms with Crippen molar-refractivity contribution in [3.8, 4) is 22.8 Å². The van der Waals surface area contributed by atoms with Gasteiger partial charge in [-0.15, -0.1) is 10.2 Å². The van der Waals surface area contributed by atoms with Gasteiger partial charge in [0, 0.05) is 17.7 Å². The molecule has 5 rings (SSSR count). The summed E-state index contributed by atoms with van der Waals surface area (Å²) in [6, 6.07) is 37.8. The van der Waals surface area contributed by atoms with E-state index in [1.165, 1.54) is 0 Å². The van der Waals surface area contributed by atoms with Gasteiger partial charge in [-0.05, 0) is 29.7 Å². The number of hydrogen-bond acceptors (Lipinski definition) is 5. The monoisotopic (exact) mass is 534 g/mol. The number of aromatic nitrogens is 3. The molecule has 6 nitrogen and oxygen atoms in total. The van der Waals surface area contributed by atoms with E-state index < -0.39 is 0 Å². The molecule has 39 heavy (non-hydrogen) atoms. The van der Waals surface area contributed by atoms with Crippen LogP contribution in [0.3, 0.4) is 0 Å². The topological polar surface area (TPSA) is 69.0 Å². The first-order valence-electron chi connectivity index (χ1n) is 12.9. The quantitative estimate of drug-likeness (QED) is 0.150. The van der Waals surface area contributed by atoms with Crippen molar-refractivity contribution in [2.24, 2.45) is 0 Å². The third-order valence-electron chi connectivity index (χ3n) is 6.34. The van der Waals surface area contributed by atoms with E-state index in [2.05, 4.69) is 15.5 Å². The van der Waals surface area contributed by atoms with Crippen LogP contribution in [-0.4, -0.2) is 33.5 Å². The summed E-state index contributed by atoms with van der Waals surface area (Å²) in [6.07, 6.45) is 1.11. The molecule has 0 spiro atoms. The maximum absolute atomic E-state index is 13.0. The molecule has 7 heteroatoms.